The number of carbonyl (C=O) groups excluding carboxylic acids is 1. The molecule has 1 aliphatic rings. The van der Waals surface area contributed by atoms with Gasteiger partial charge in [0.25, 0.3) is 15.9 Å². The van der Waals surface area contributed by atoms with Gasteiger partial charge in [-0.15, -0.1) is 6.58 Å². The summed E-state index contributed by atoms with van der Waals surface area (Å²) in [4.78, 5) is 12.9. The maximum Gasteiger partial charge on any atom is 0.270 e. The quantitative estimate of drug-likeness (QED) is 0.656. The molecule has 0 bridgehead atoms. The number of nitrogens with one attached hydrogen (secondary N) is 1. The normalized spacial score (nSPS) is 14.6. The molecule has 31 heavy (non-hydrogen) atoms. The first-order valence-electron chi connectivity index (χ1n) is 9.80. The van der Waals surface area contributed by atoms with E-state index in [1.54, 1.807) is 31.2 Å². The first-order valence-corrected chi connectivity index (χ1v) is 11.2. The molecule has 0 atom stereocenters. The largest absolute Gasteiger partial charge is 0.493 e. The van der Waals surface area contributed by atoms with Gasteiger partial charge in [-0.3, -0.25) is 9.10 Å². The van der Waals surface area contributed by atoms with E-state index in [4.69, 9.17) is 9.47 Å². The molecule has 0 saturated carbocycles. The fraction of sp³-hybridized carbons (Fsp3) is 0.261. The zero-order valence-electron chi connectivity index (χ0n) is 18.1. The van der Waals surface area contributed by atoms with Crippen LogP contribution in [0.4, 0.5) is 11.4 Å². The number of rotatable bonds is 7. The van der Waals surface area contributed by atoms with E-state index in [2.05, 4.69) is 11.9 Å². The zero-order chi connectivity index (χ0) is 22.8. The molecule has 2 aromatic carbocycles. The number of amides is 1. The van der Waals surface area contributed by atoms with Crippen LogP contribution in [-0.2, 0) is 21.2 Å². The molecular weight excluding hydrogens is 416 g/mol. The minimum Gasteiger partial charge on any atom is -0.493 e. The van der Waals surface area contributed by atoms with E-state index in [9.17, 15) is 13.2 Å². The Labute approximate surface area is 183 Å². The first-order chi connectivity index (χ1) is 14.8. The Morgan fingerprint density at radius 2 is 1.81 bits per heavy atom. The Kier molecular flexibility index (Phi) is 6.40. The van der Waals surface area contributed by atoms with Gasteiger partial charge < -0.3 is 14.8 Å². The number of anilines is 2. The molecule has 0 spiro atoms. The fourth-order valence-electron chi connectivity index (χ4n) is 3.66. The maximum atomic E-state index is 13.5. The van der Waals surface area contributed by atoms with Crippen molar-refractivity contribution < 1.29 is 22.7 Å². The summed E-state index contributed by atoms with van der Waals surface area (Å²) in [7, 11) is -1.16. The van der Waals surface area contributed by atoms with E-state index in [0.717, 1.165) is 9.87 Å². The molecule has 164 valence electrons. The molecule has 1 heterocycles. The van der Waals surface area contributed by atoms with Gasteiger partial charge in [-0.2, -0.15) is 0 Å². The van der Waals surface area contributed by atoms with Gasteiger partial charge in [-0.05, 0) is 36.6 Å². The number of benzene rings is 2. The average molecular weight is 443 g/mol. The van der Waals surface area contributed by atoms with E-state index in [-0.39, 0.29) is 11.4 Å². The molecular formula is C23H26N2O5S. The highest BCUT2D eigenvalue weighted by atomic mass is 32.2. The Balaban J connectivity index is 2.21. The third-order valence-corrected chi connectivity index (χ3v) is 7.14. The maximum absolute atomic E-state index is 13.5. The van der Waals surface area contributed by atoms with E-state index < -0.39 is 15.9 Å². The van der Waals surface area contributed by atoms with Crippen molar-refractivity contribution in [3.63, 3.8) is 0 Å². The van der Waals surface area contributed by atoms with Crippen LogP contribution in [0, 0.1) is 0 Å². The van der Waals surface area contributed by atoms with Crippen LogP contribution in [-0.4, -0.2) is 35.1 Å². The van der Waals surface area contributed by atoms with Gasteiger partial charge >= 0.3 is 0 Å². The summed E-state index contributed by atoms with van der Waals surface area (Å²) in [5.74, 6) is 0.144. The zero-order valence-corrected chi connectivity index (χ0v) is 18.9. The SMILES string of the molecule is C=CCN1c2cc(OC)c(OC)cc2C(C)=C(C(=O)Nc2ccccc2CC)S1(=O)=O. The van der Waals surface area contributed by atoms with Crippen LogP contribution in [0.25, 0.3) is 5.57 Å². The highest BCUT2D eigenvalue weighted by molar-refractivity contribution is 7.97. The molecule has 0 fully saturated rings. The number of para-hydroxylation sites is 1. The standard InChI is InChI=1S/C23H26N2O5S/c1-6-12-25-19-14-21(30-5)20(29-4)13-17(19)15(3)22(31(25,27)28)23(26)24-18-11-9-8-10-16(18)7-2/h6,8-11,13-14H,1,7,12H2,2-5H3,(H,24,26). The predicted molar refractivity (Wildman–Crippen MR) is 123 cm³/mol. The van der Waals surface area contributed by atoms with Gasteiger partial charge in [0.15, 0.2) is 16.4 Å². The summed E-state index contributed by atoms with van der Waals surface area (Å²) in [6.45, 7) is 7.26. The van der Waals surface area contributed by atoms with E-state index in [1.807, 2.05) is 19.1 Å². The van der Waals surface area contributed by atoms with Gasteiger partial charge in [0.05, 0.1) is 26.5 Å². The third-order valence-electron chi connectivity index (χ3n) is 5.21. The van der Waals surface area contributed by atoms with Crippen LogP contribution >= 0.6 is 0 Å². The third kappa shape index (κ3) is 3.90. The molecule has 3 rings (SSSR count). The van der Waals surface area contributed by atoms with E-state index >= 15 is 0 Å². The molecule has 0 aromatic heterocycles. The number of allylic oxidation sites excluding steroid dienone is 1. The van der Waals surface area contributed by atoms with Crippen molar-refractivity contribution in [2.75, 3.05) is 30.4 Å². The summed E-state index contributed by atoms with van der Waals surface area (Å²) in [5, 5.41) is 2.78. The highest BCUT2D eigenvalue weighted by Crippen LogP contribution is 2.45. The number of hydrogen-bond acceptors (Lipinski definition) is 5. The van der Waals surface area contributed by atoms with Crippen molar-refractivity contribution >= 4 is 32.9 Å². The second-order valence-electron chi connectivity index (χ2n) is 6.97. The Morgan fingerprint density at radius 1 is 1.16 bits per heavy atom. The molecule has 1 amide bonds. The minimum atomic E-state index is -4.14. The van der Waals surface area contributed by atoms with Crippen LogP contribution in [0.2, 0.25) is 0 Å². The second kappa shape index (κ2) is 8.85. The Hall–Kier alpha value is -3.26. The van der Waals surface area contributed by atoms with Crippen LogP contribution in [0.3, 0.4) is 0 Å². The summed E-state index contributed by atoms with van der Waals surface area (Å²) >= 11 is 0. The van der Waals surface area contributed by atoms with Crippen molar-refractivity contribution in [3.8, 4) is 11.5 Å². The molecule has 0 unspecified atom stereocenters. The van der Waals surface area contributed by atoms with Crippen LogP contribution < -0.4 is 19.1 Å². The number of nitrogens with zero attached hydrogens (tertiary/aromatic N) is 1. The molecule has 7 nitrogen and oxygen atoms in total. The summed E-state index contributed by atoms with van der Waals surface area (Å²) < 4.78 is 38.9. The number of aryl methyl sites for hydroxylation is 1. The Morgan fingerprint density at radius 3 is 2.42 bits per heavy atom. The predicted octanol–water partition coefficient (Wildman–Crippen LogP) is 3.97. The van der Waals surface area contributed by atoms with Gasteiger partial charge in [0.2, 0.25) is 0 Å². The number of methoxy groups -OCH3 is 2. The van der Waals surface area contributed by atoms with Crippen molar-refractivity contribution in [3.05, 3.63) is 65.1 Å². The van der Waals surface area contributed by atoms with Crippen LogP contribution in [0.15, 0.2) is 54.0 Å². The Bertz CT molecular complexity index is 1170. The van der Waals surface area contributed by atoms with Crippen molar-refractivity contribution in [2.24, 2.45) is 0 Å². The topological polar surface area (TPSA) is 84.9 Å². The molecule has 1 N–H and O–H groups in total. The van der Waals surface area contributed by atoms with Crippen LogP contribution in [0.5, 0.6) is 11.5 Å². The number of carbonyl (C=O) groups is 1. The lowest BCUT2D eigenvalue weighted by atomic mass is 10.0. The van der Waals surface area contributed by atoms with Crippen molar-refractivity contribution in [2.45, 2.75) is 20.3 Å². The number of hydrogen-bond donors (Lipinski definition) is 1. The lowest BCUT2D eigenvalue weighted by molar-refractivity contribution is -0.112. The highest BCUT2D eigenvalue weighted by Gasteiger charge is 2.40. The van der Waals surface area contributed by atoms with E-state index in [0.29, 0.717) is 40.4 Å². The van der Waals surface area contributed by atoms with Crippen molar-refractivity contribution in [1.29, 1.82) is 0 Å². The molecule has 2 aromatic rings. The molecule has 1 aliphatic heterocycles. The summed E-state index contributed by atoms with van der Waals surface area (Å²) in [6.07, 6.45) is 2.17. The lowest BCUT2D eigenvalue weighted by Crippen LogP contribution is -2.39. The first kappa shape index (κ1) is 22.4. The molecule has 0 aliphatic carbocycles. The number of fused-ring (bicyclic) bond motifs is 1. The number of ether oxygens (including phenoxy) is 2. The van der Waals surface area contributed by atoms with Gasteiger partial charge in [-0.25, -0.2) is 8.42 Å². The van der Waals surface area contributed by atoms with Gasteiger partial charge in [-0.1, -0.05) is 31.2 Å². The monoisotopic (exact) mass is 442 g/mol. The van der Waals surface area contributed by atoms with Gasteiger partial charge in [0, 0.05) is 17.3 Å². The average Bonchev–Trinajstić information content (AvgIpc) is 2.75. The fourth-order valence-corrected chi connectivity index (χ4v) is 5.38. The molecule has 0 radical (unpaired) electrons. The smallest absolute Gasteiger partial charge is 0.270 e. The van der Waals surface area contributed by atoms with Gasteiger partial charge in [0.1, 0.15) is 0 Å². The lowest BCUT2D eigenvalue weighted by Gasteiger charge is -2.32. The summed E-state index contributed by atoms with van der Waals surface area (Å²) in [6, 6.07) is 10.6. The number of sulfonamides is 1. The second-order valence-corrected chi connectivity index (χ2v) is 8.77. The van der Waals surface area contributed by atoms with E-state index in [1.165, 1.54) is 20.3 Å². The van der Waals surface area contributed by atoms with Crippen LogP contribution in [0.1, 0.15) is 25.0 Å². The van der Waals surface area contributed by atoms with Crippen molar-refractivity contribution in [1.82, 2.24) is 0 Å². The minimum absolute atomic E-state index is 0.000420. The molecule has 8 heteroatoms. The summed E-state index contributed by atoms with van der Waals surface area (Å²) in [5.41, 5.74) is 2.81. The molecule has 0 saturated heterocycles.